The lowest BCUT2D eigenvalue weighted by Gasteiger charge is -2.45. The Balaban J connectivity index is 1.57. The van der Waals surface area contributed by atoms with Crippen LogP contribution < -0.4 is 4.90 Å². The molecular weight excluding hydrogens is 365 g/mol. The van der Waals surface area contributed by atoms with Crippen molar-refractivity contribution >= 4 is 17.5 Å². The van der Waals surface area contributed by atoms with E-state index < -0.39 is 11.8 Å². The lowest BCUT2D eigenvalue weighted by molar-refractivity contribution is -0.122. The first kappa shape index (κ1) is 16.7. The second-order valence-corrected chi connectivity index (χ2v) is 8.21. The monoisotopic (exact) mass is 383 g/mol. The van der Waals surface area contributed by atoms with Gasteiger partial charge in [-0.2, -0.15) is 0 Å². The lowest BCUT2D eigenvalue weighted by atomic mass is 9.55. The Labute approximate surface area is 167 Å². The Bertz CT molecular complexity index is 1100. The molecule has 0 unspecified atom stereocenters. The number of benzene rings is 3. The van der Waals surface area contributed by atoms with Crippen molar-refractivity contribution in [3.05, 3.63) is 100 Å². The number of hydrogen-bond donors (Lipinski definition) is 0. The third kappa shape index (κ3) is 2.01. The van der Waals surface area contributed by atoms with Crippen LogP contribution >= 0.6 is 0 Å². The molecule has 0 radical (unpaired) electrons. The van der Waals surface area contributed by atoms with E-state index in [2.05, 4.69) is 24.3 Å². The smallest absolute Gasteiger partial charge is 0.238 e. The molecule has 3 aromatic carbocycles. The fourth-order valence-corrected chi connectivity index (χ4v) is 5.78. The van der Waals surface area contributed by atoms with Crippen molar-refractivity contribution in [1.29, 1.82) is 0 Å². The molecule has 2 atom stereocenters. The van der Waals surface area contributed by atoms with Gasteiger partial charge in [-0.15, -0.1) is 0 Å². The third-order valence-electron chi connectivity index (χ3n) is 6.85. The third-order valence-corrected chi connectivity index (χ3v) is 6.85. The van der Waals surface area contributed by atoms with Crippen LogP contribution in [-0.2, 0) is 9.59 Å². The number of anilines is 1. The molecule has 2 bridgehead atoms. The summed E-state index contributed by atoms with van der Waals surface area (Å²) in [5.74, 6) is -1.80. The Kier molecular flexibility index (Phi) is 3.24. The molecule has 0 aromatic heterocycles. The minimum atomic E-state index is -0.415. The molecule has 29 heavy (non-hydrogen) atoms. The van der Waals surface area contributed by atoms with Crippen LogP contribution in [0.2, 0.25) is 0 Å². The number of amides is 2. The van der Waals surface area contributed by atoms with Crippen LogP contribution in [0.4, 0.5) is 10.1 Å². The van der Waals surface area contributed by atoms with Crippen molar-refractivity contribution in [2.75, 3.05) is 4.90 Å². The summed E-state index contributed by atoms with van der Waals surface area (Å²) in [6.45, 7) is 1.74. The number of rotatable bonds is 1. The Morgan fingerprint density at radius 2 is 1.17 bits per heavy atom. The van der Waals surface area contributed by atoms with Gasteiger partial charge in [-0.1, -0.05) is 48.5 Å². The van der Waals surface area contributed by atoms with Crippen LogP contribution in [0.15, 0.2) is 66.7 Å². The van der Waals surface area contributed by atoms with Crippen LogP contribution in [0.25, 0.3) is 0 Å². The molecule has 3 aliphatic carbocycles. The standard InChI is InChI=1S/C25H18FNO2/c1-13-12-14(26)10-11-19(13)27-24(28)22-20-15-6-2-3-7-16(15)21(23(22)25(27)29)18-9-5-4-8-17(18)20/h2-12,20-23H,1H3/t20?,21?,22-,23+. The van der Waals surface area contributed by atoms with Crippen molar-refractivity contribution in [1.82, 2.24) is 0 Å². The maximum atomic E-state index is 13.6. The second kappa shape index (κ2) is 5.63. The van der Waals surface area contributed by atoms with E-state index in [9.17, 15) is 14.0 Å². The Hall–Kier alpha value is -3.27. The molecule has 1 fully saturated rings. The van der Waals surface area contributed by atoms with E-state index in [1.165, 1.54) is 17.0 Å². The number of aryl methyl sites for hydroxylation is 1. The van der Waals surface area contributed by atoms with Gasteiger partial charge in [0, 0.05) is 11.8 Å². The average molecular weight is 383 g/mol. The van der Waals surface area contributed by atoms with Crippen LogP contribution in [0, 0.1) is 24.6 Å². The molecule has 142 valence electrons. The molecule has 0 spiro atoms. The number of carbonyl (C=O) groups excluding carboxylic acids is 2. The zero-order valence-electron chi connectivity index (χ0n) is 15.8. The SMILES string of the molecule is Cc1cc(F)ccc1N1C(=O)[C@@H]2C3c4ccccc4C(c4ccccc43)[C@@H]2C1=O. The van der Waals surface area contributed by atoms with Gasteiger partial charge in [0.05, 0.1) is 17.5 Å². The van der Waals surface area contributed by atoms with Gasteiger partial charge in [-0.3, -0.25) is 9.59 Å². The maximum Gasteiger partial charge on any atom is 0.238 e. The van der Waals surface area contributed by atoms with E-state index in [4.69, 9.17) is 0 Å². The zero-order valence-corrected chi connectivity index (χ0v) is 15.8. The lowest BCUT2D eigenvalue weighted by Crippen LogP contribution is -2.41. The van der Waals surface area contributed by atoms with Crippen molar-refractivity contribution in [3.8, 4) is 0 Å². The van der Waals surface area contributed by atoms with Gasteiger partial charge < -0.3 is 0 Å². The molecule has 1 aliphatic heterocycles. The summed E-state index contributed by atoms with van der Waals surface area (Å²) in [5, 5.41) is 0. The summed E-state index contributed by atoms with van der Waals surface area (Å²) in [5.41, 5.74) is 5.68. The highest BCUT2D eigenvalue weighted by Gasteiger charge is 2.61. The van der Waals surface area contributed by atoms with E-state index >= 15 is 0 Å². The van der Waals surface area contributed by atoms with Crippen LogP contribution in [0.3, 0.4) is 0 Å². The van der Waals surface area contributed by atoms with Gasteiger partial charge in [-0.25, -0.2) is 9.29 Å². The number of carbonyl (C=O) groups is 2. The van der Waals surface area contributed by atoms with Crippen LogP contribution in [-0.4, -0.2) is 11.8 Å². The van der Waals surface area contributed by atoms with E-state index in [1.807, 2.05) is 24.3 Å². The molecule has 4 aliphatic rings. The highest BCUT2D eigenvalue weighted by atomic mass is 19.1. The van der Waals surface area contributed by atoms with Gasteiger partial charge in [-0.05, 0) is 52.9 Å². The number of hydrogen-bond acceptors (Lipinski definition) is 2. The van der Waals surface area contributed by atoms with Gasteiger partial charge in [0.1, 0.15) is 5.82 Å². The molecule has 7 rings (SSSR count). The van der Waals surface area contributed by atoms with Crippen LogP contribution in [0.5, 0.6) is 0 Å². The topological polar surface area (TPSA) is 37.4 Å². The molecular formula is C25H18FNO2. The first-order valence-corrected chi connectivity index (χ1v) is 9.89. The van der Waals surface area contributed by atoms with Gasteiger partial charge >= 0.3 is 0 Å². The molecule has 0 saturated carbocycles. The summed E-state index contributed by atoms with van der Waals surface area (Å²) in [6.07, 6.45) is 0. The normalized spacial score (nSPS) is 26.3. The Morgan fingerprint density at radius 3 is 1.59 bits per heavy atom. The highest BCUT2D eigenvalue weighted by Crippen LogP contribution is 2.61. The summed E-state index contributed by atoms with van der Waals surface area (Å²) in [7, 11) is 0. The van der Waals surface area contributed by atoms with E-state index in [-0.39, 0.29) is 29.5 Å². The maximum absolute atomic E-state index is 13.6. The van der Waals surface area contributed by atoms with Gasteiger partial charge in [0.25, 0.3) is 0 Å². The van der Waals surface area contributed by atoms with Crippen LogP contribution in [0.1, 0.15) is 39.7 Å². The molecule has 1 saturated heterocycles. The van der Waals surface area contributed by atoms with Gasteiger partial charge in [0.15, 0.2) is 0 Å². The van der Waals surface area contributed by atoms with E-state index in [1.54, 1.807) is 13.0 Å². The largest absolute Gasteiger partial charge is 0.274 e. The number of nitrogens with zero attached hydrogens (tertiary/aromatic N) is 1. The Morgan fingerprint density at radius 1 is 0.724 bits per heavy atom. The molecule has 3 aromatic rings. The predicted molar refractivity (Wildman–Crippen MR) is 107 cm³/mol. The predicted octanol–water partition coefficient (Wildman–Crippen LogP) is 4.53. The average Bonchev–Trinajstić information content (AvgIpc) is 2.99. The summed E-state index contributed by atoms with van der Waals surface area (Å²) < 4.78 is 13.6. The van der Waals surface area contributed by atoms with Crippen molar-refractivity contribution < 1.29 is 14.0 Å². The molecule has 3 nitrogen and oxygen atoms in total. The minimum absolute atomic E-state index is 0.125. The second-order valence-electron chi connectivity index (χ2n) is 8.21. The molecule has 2 amide bonds. The van der Waals surface area contributed by atoms with Gasteiger partial charge in [0.2, 0.25) is 11.8 Å². The number of imide groups is 1. The first-order chi connectivity index (χ1) is 14.1. The fourth-order valence-electron chi connectivity index (χ4n) is 5.78. The fraction of sp³-hybridized carbons (Fsp3) is 0.200. The van der Waals surface area contributed by atoms with E-state index in [0.717, 1.165) is 22.3 Å². The summed E-state index contributed by atoms with van der Waals surface area (Å²) >= 11 is 0. The first-order valence-electron chi connectivity index (χ1n) is 9.89. The molecule has 1 heterocycles. The van der Waals surface area contributed by atoms with E-state index in [0.29, 0.717) is 11.3 Å². The van der Waals surface area contributed by atoms with Crippen molar-refractivity contribution in [2.45, 2.75) is 18.8 Å². The van der Waals surface area contributed by atoms with Crippen molar-refractivity contribution in [2.24, 2.45) is 11.8 Å². The summed E-state index contributed by atoms with van der Waals surface area (Å²) in [6, 6.07) is 20.6. The number of halogens is 1. The highest BCUT2D eigenvalue weighted by molar-refractivity contribution is 6.23. The van der Waals surface area contributed by atoms with Crippen molar-refractivity contribution in [3.63, 3.8) is 0 Å². The summed E-state index contributed by atoms with van der Waals surface area (Å²) in [4.78, 5) is 28.5. The minimum Gasteiger partial charge on any atom is -0.274 e. The molecule has 0 N–H and O–H groups in total. The quantitative estimate of drug-likeness (QED) is 0.579. The molecule has 4 heteroatoms. The zero-order chi connectivity index (χ0) is 19.9.